The summed E-state index contributed by atoms with van der Waals surface area (Å²) in [7, 11) is 1.54. The van der Waals surface area contributed by atoms with Gasteiger partial charge in [-0.2, -0.15) is 0 Å². The van der Waals surface area contributed by atoms with Gasteiger partial charge in [-0.05, 0) is 49.7 Å². The monoisotopic (exact) mass is 347 g/mol. The zero-order chi connectivity index (χ0) is 18.5. The number of hydrogen-bond acceptors (Lipinski definition) is 4. The topological polar surface area (TPSA) is 63.2 Å². The highest BCUT2D eigenvalue weighted by Gasteiger charge is 2.12. The van der Waals surface area contributed by atoms with Gasteiger partial charge in [0.2, 0.25) is 0 Å². The molecule has 0 unspecified atom stereocenters. The first-order valence-corrected chi connectivity index (χ1v) is 8.31. The van der Waals surface area contributed by atoms with Gasteiger partial charge in [0.05, 0.1) is 24.6 Å². The fraction of sp³-hybridized carbons (Fsp3) is 0.143. The molecule has 132 valence electrons. The third-order valence-corrected chi connectivity index (χ3v) is 4.02. The second-order valence-electron chi connectivity index (χ2n) is 6.03. The zero-order valence-corrected chi connectivity index (χ0v) is 15.0. The van der Waals surface area contributed by atoms with E-state index in [2.05, 4.69) is 41.6 Å². The van der Waals surface area contributed by atoms with Crippen LogP contribution in [-0.2, 0) is 0 Å². The van der Waals surface area contributed by atoms with Gasteiger partial charge in [0.1, 0.15) is 11.6 Å². The number of amides is 1. The molecule has 0 fully saturated rings. The van der Waals surface area contributed by atoms with Gasteiger partial charge in [0.25, 0.3) is 5.91 Å². The van der Waals surface area contributed by atoms with E-state index in [-0.39, 0.29) is 5.91 Å². The highest BCUT2D eigenvalue weighted by Crippen LogP contribution is 2.22. The number of benzene rings is 2. The number of hydrogen-bond donors (Lipinski definition) is 2. The van der Waals surface area contributed by atoms with Crippen molar-refractivity contribution < 1.29 is 9.53 Å². The number of aryl methyl sites for hydroxylation is 2. The number of ether oxygens (including phenoxy) is 1. The van der Waals surface area contributed by atoms with Crippen LogP contribution in [0.4, 0.5) is 17.2 Å². The SMILES string of the molecule is COc1ccccc1C(=O)Nc1ccc(Nc2ccc(C)cc2C)cn1. The van der Waals surface area contributed by atoms with Crippen molar-refractivity contribution in [1.29, 1.82) is 0 Å². The van der Waals surface area contributed by atoms with Crippen LogP contribution in [0.3, 0.4) is 0 Å². The number of para-hydroxylation sites is 1. The number of methoxy groups -OCH3 is 1. The highest BCUT2D eigenvalue weighted by atomic mass is 16.5. The molecule has 1 aromatic heterocycles. The molecule has 2 N–H and O–H groups in total. The summed E-state index contributed by atoms with van der Waals surface area (Å²) in [6, 6.07) is 16.9. The summed E-state index contributed by atoms with van der Waals surface area (Å²) in [5, 5.41) is 6.12. The maximum Gasteiger partial charge on any atom is 0.260 e. The Balaban J connectivity index is 1.70. The number of pyridine rings is 1. The molecule has 1 amide bonds. The van der Waals surface area contributed by atoms with E-state index in [4.69, 9.17) is 4.74 Å². The van der Waals surface area contributed by atoms with Gasteiger partial charge >= 0.3 is 0 Å². The number of rotatable bonds is 5. The average Bonchev–Trinajstić information content (AvgIpc) is 2.65. The van der Waals surface area contributed by atoms with Gasteiger partial charge in [0.15, 0.2) is 0 Å². The van der Waals surface area contributed by atoms with Crippen LogP contribution >= 0.6 is 0 Å². The standard InChI is InChI=1S/C21H21N3O2/c1-14-8-10-18(15(2)12-14)23-16-9-11-20(22-13-16)24-21(25)17-6-4-5-7-19(17)26-3/h4-13,23H,1-3H3,(H,22,24,25). The Bertz CT molecular complexity index is 921. The van der Waals surface area contributed by atoms with Crippen LogP contribution in [-0.4, -0.2) is 18.0 Å². The number of carbonyl (C=O) groups excluding carboxylic acids is 1. The third-order valence-electron chi connectivity index (χ3n) is 4.02. The first kappa shape index (κ1) is 17.5. The molecule has 1 heterocycles. The van der Waals surface area contributed by atoms with Crippen LogP contribution in [0.5, 0.6) is 5.75 Å². The largest absolute Gasteiger partial charge is 0.496 e. The number of aromatic nitrogens is 1. The van der Waals surface area contributed by atoms with Crippen LogP contribution in [0.25, 0.3) is 0 Å². The van der Waals surface area contributed by atoms with Crippen molar-refractivity contribution in [3.8, 4) is 5.75 Å². The van der Waals surface area contributed by atoms with Crippen molar-refractivity contribution >= 4 is 23.1 Å². The van der Waals surface area contributed by atoms with E-state index in [0.717, 1.165) is 11.4 Å². The summed E-state index contributed by atoms with van der Waals surface area (Å²) in [4.78, 5) is 16.7. The van der Waals surface area contributed by atoms with Crippen LogP contribution in [0.1, 0.15) is 21.5 Å². The molecule has 0 atom stereocenters. The number of carbonyl (C=O) groups is 1. The molecule has 5 heteroatoms. The molecule has 3 aromatic rings. The van der Waals surface area contributed by atoms with Crippen LogP contribution in [0.2, 0.25) is 0 Å². The fourth-order valence-corrected chi connectivity index (χ4v) is 2.67. The van der Waals surface area contributed by atoms with E-state index in [1.807, 2.05) is 18.2 Å². The summed E-state index contributed by atoms with van der Waals surface area (Å²) >= 11 is 0. The minimum atomic E-state index is -0.259. The first-order chi connectivity index (χ1) is 12.6. The van der Waals surface area contributed by atoms with Crippen molar-refractivity contribution in [3.05, 3.63) is 77.5 Å². The van der Waals surface area contributed by atoms with E-state index < -0.39 is 0 Å². The van der Waals surface area contributed by atoms with Crippen molar-refractivity contribution in [2.75, 3.05) is 17.7 Å². The predicted octanol–water partition coefficient (Wildman–Crippen LogP) is 4.70. The molecular weight excluding hydrogens is 326 g/mol. The average molecular weight is 347 g/mol. The summed E-state index contributed by atoms with van der Waals surface area (Å²) in [5.41, 5.74) is 4.74. The molecule has 0 saturated carbocycles. The molecule has 0 spiro atoms. The lowest BCUT2D eigenvalue weighted by Crippen LogP contribution is -2.14. The van der Waals surface area contributed by atoms with E-state index in [9.17, 15) is 4.79 Å². The lowest BCUT2D eigenvalue weighted by molar-refractivity contribution is 0.102. The summed E-state index contributed by atoms with van der Waals surface area (Å²) in [5.74, 6) is 0.746. The van der Waals surface area contributed by atoms with Crippen molar-refractivity contribution in [2.45, 2.75) is 13.8 Å². The number of nitrogens with zero attached hydrogens (tertiary/aromatic N) is 1. The lowest BCUT2D eigenvalue weighted by atomic mass is 10.1. The van der Waals surface area contributed by atoms with Crippen LogP contribution in [0, 0.1) is 13.8 Å². The Morgan fingerprint density at radius 1 is 1.04 bits per heavy atom. The molecule has 0 aliphatic heterocycles. The van der Waals surface area contributed by atoms with Crippen molar-refractivity contribution in [2.24, 2.45) is 0 Å². The Hall–Kier alpha value is -3.34. The minimum absolute atomic E-state index is 0.259. The molecular formula is C21H21N3O2. The van der Waals surface area contributed by atoms with Gasteiger partial charge in [-0.3, -0.25) is 4.79 Å². The van der Waals surface area contributed by atoms with Gasteiger partial charge in [0, 0.05) is 5.69 Å². The quantitative estimate of drug-likeness (QED) is 0.702. The molecule has 5 nitrogen and oxygen atoms in total. The van der Waals surface area contributed by atoms with Gasteiger partial charge in [-0.1, -0.05) is 29.8 Å². The number of nitrogens with one attached hydrogen (secondary N) is 2. The van der Waals surface area contributed by atoms with E-state index in [1.165, 1.54) is 18.2 Å². The predicted molar refractivity (Wildman–Crippen MR) is 104 cm³/mol. The Morgan fingerprint density at radius 2 is 1.85 bits per heavy atom. The molecule has 26 heavy (non-hydrogen) atoms. The molecule has 0 saturated heterocycles. The summed E-state index contributed by atoms with van der Waals surface area (Å²) in [6.07, 6.45) is 1.69. The molecule has 3 rings (SSSR count). The highest BCUT2D eigenvalue weighted by molar-refractivity contribution is 6.05. The van der Waals surface area contributed by atoms with E-state index in [0.29, 0.717) is 17.1 Å². The van der Waals surface area contributed by atoms with Gasteiger partial charge < -0.3 is 15.4 Å². The maximum absolute atomic E-state index is 12.4. The third kappa shape index (κ3) is 4.00. The normalized spacial score (nSPS) is 10.3. The fourth-order valence-electron chi connectivity index (χ4n) is 2.67. The second-order valence-corrected chi connectivity index (χ2v) is 6.03. The summed E-state index contributed by atoms with van der Waals surface area (Å²) < 4.78 is 5.22. The zero-order valence-electron chi connectivity index (χ0n) is 15.0. The molecule has 2 aromatic carbocycles. The van der Waals surface area contributed by atoms with E-state index >= 15 is 0 Å². The first-order valence-electron chi connectivity index (χ1n) is 8.31. The Labute approximate surface area is 153 Å². The Morgan fingerprint density at radius 3 is 2.54 bits per heavy atom. The lowest BCUT2D eigenvalue weighted by Gasteiger charge is -2.11. The summed E-state index contributed by atoms with van der Waals surface area (Å²) in [6.45, 7) is 4.13. The van der Waals surface area contributed by atoms with Crippen molar-refractivity contribution in [1.82, 2.24) is 4.98 Å². The molecule has 0 aliphatic rings. The van der Waals surface area contributed by atoms with Crippen LogP contribution < -0.4 is 15.4 Å². The van der Waals surface area contributed by atoms with Gasteiger partial charge in [-0.25, -0.2) is 4.98 Å². The van der Waals surface area contributed by atoms with E-state index in [1.54, 1.807) is 30.5 Å². The number of anilines is 3. The van der Waals surface area contributed by atoms with Gasteiger partial charge in [-0.15, -0.1) is 0 Å². The molecule has 0 radical (unpaired) electrons. The van der Waals surface area contributed by atoms with Crippen molar-refractivity contribution in [3.63, 3.8) is 0 Å². The Kier molecular flexibility index (Phi) is 5.17. The minimum Gasteiger partial charge on any atom is -0.496 e. The maximum atomic E-state index is 12.4. The van der Waals surface area contributed by atoms with Crippen LogP contribution in [0.15, 0.2) is 60.8 Å². The second kappa shape index (κ2) is 7.70. The smallest absolute Gasteiger partial charge is 0.260 e. The molecule has 0 aliphatic carbocycles. The molecule has 0 bridgehead atoms.